The van der Waals surface area contributed by atoms with Gasteiger partial charge < -0.3 is 0 Å². The second kappa shape index (κ2) is 9.10. The van der Waals surface area contributed by atoms with Crippen molar-refractivity contribution in [1.82, 2.24) is 14.3 Å². The van der Waals surface area contributed by atoms with Gasteiger partial charge in [0.15, 0.2) is 9.84 Å². The highest BCUT2D eigenvalue weighted by atomic mass is 32.2. The third-order valence-electron chi connectivity index (χ3n) is 5.69. The average molecular weight is 464 g/mol. The lowest BCUT2D eigenvalue weighted by Gasteiger charge is -2.39. The van der Waals surface area contributed by atoms with E-state index in [-0.39, 0.29) is 23.2 Å². The molecule has 1 fully saturated rings. The number of hydrogen-bond donors (Lipinski definition) is 0. The minimum Gasteiger partial charge on any atom is -0.292 e. The van der Waals surface area contributed by atoms with Gasteiger partial charge in [0.1, 0.15) is 33.6 Å². The Morgan fingerprint density at radius 2 is 1.94 bits per heavy atom. The Balaban J connectivity index is 1.59. The molecule has 0 amide bonds. The molecule has 1 aliphatic rings. The SMILES string of the molecule is C[C@@H]1CCN(Cc2cc(F)c(S(=O)(=O)Cc3ncns3)cc2F)[C@H](c2ccccc2)C1. The van der Waals surface area contributed by atoms with Crippen molar-refractivity contribution in [3.05, 3.63) is 76.6 Å². The smallest absolute Gasteiger partial charge is 0.187 e. The van der Waals surface area contributed by atoms with Gasteiger partial charge in [-0.1, -0.05) is 37.3 Å². The number of hydrogen-bond acceptors (Lipinski definition) is 6. The molecule has 0 radical (unpaired) electrons. The maximum absolute atomic E-state index is 14.9. The second-order valence-electron chi connectivity index (χ2n) is 7.99. The topological polar surface area (TPSA) is 63.2 Å². The molecule has 0 spiro atoms. The van der Waals surface area contributed by atoms with Gasteiger partial charge in [-0.05, 0) is 54.5 Å². The van der Waals surface area contributed by atoms with Crippen LogP contribution in [0, 0.1) is 17.6 Å². The fraction of sp³-hybridized carbons (Fsp3) is 0.364. The van der Waals surface area contributed by atoms with Gasteiger partial charge in [-0.25, -0.2) is 22.2 Å². The number of rotatable bonds is 6. The normalized spacial score (nSPS) is 20.1. The number of nitrogens with zero attached hydrogens (tertiary/aromatic N) is 3. The van der Waals surface area contributed by atoms with E-state index < -0.39 is 32.1 Å². The van der Waals surface area contributed by atoms with E-state index in [2.05, 4.69) is 33.3 Å². The fourth-order valence-corrected chi connectivity index (χ4v) is 6.23. The molecule has 2 heterocycles. The zero-order valence-corrected chi connectivity index (χ0v) is 18.7. The summed E-state index contributed by atoms with van der Waals surface area (Å²) in [6, 6.07) is 11.9. The Bertz CT molecular complexity index is 1140. The predicted octanol–water partition coefficient (Wildman–Crippen LogP) is 4.76. The van der Waals surface area contributed by atoms with Crippen molar-refractivity contribution in [3.63, 3.8) is 0 Å². The molecule has 0 aliphatic carbocycles. The number of aromatic nitrogens is 2. The van der Waals surface area contributed by atoms with E-state index in [1.165, 1.54) is 6.33 Å². The summed E-state index contributed by atoms with van der Waals surface area (Å²) < 4.78 is 58.6. The molecule has 4 rings (SSSR count). The van der Waals surface area contributed by atoms with E-state index in [0.717, 1.165) is 48.6 Å². The summed E-state index contributed by atoms with van der Waals surface area (Å²) in [4.78, 5) is 5.32. The molecule has 2 aromatic carbocycles. The average Bonchev–Trinajstić information content (AvgIpc) is 3.24. The summed E-state index contributed by atoms with van der Waals surface area (Å²) in [5.41, 5.74) is 1.30. The van der Waals surface area contributed by atoms with E-state index in [0.29, 0.717) is 5.92 Å². The minimum absolute atomic E-state index is 0.105. The zero-order chi connectivity index (χ0) is 22.0. The van der Waals surface area contributed by atoms with E-state index in [4.69, 9.17) is 0 Å². The molecule has 0 bridgehead atoms. The summed E-state index contributed by atoms with van der Waals surface area (Å²) in [7, 11) is -4.07. The fourth-order valence-electron chi connectivity index (χ4n) is 4.05. The van der Waals surface area contributed by atoms with Crippen LogP contribution in [0.5, 0.6) is 0 Å². The van der Waals surface area contributed by atoms with Crippen molar-refractivity contribution in [1.29, 1.82) is 0 Å². The Morgan fingerprint density at radius 3 is 2.65 bits per heavy atom. The molecule has 0 unspecified atom stereocenters. The maximum Gasteiger partial charge on any atom is 0.187 e. The highest BCUT2D eigenvalue weighted by molar-refractivity contribution is 7.90. The summed E-state index contributed by atoms with van der Waals surface area (Å²) in [6.45, 7) is 3.18. The summed E-state index contributed by atoms with van der Waals surface area (Å²) in [5.74, 6) is -1.63. The molecule has 9 heteroatoms. The zero-order valence-electron chi connectivity index (χ0n) is 17.0. The van der Waals surface area contributed by atoms with Gasteiger partial charge in [0.2, 0.25) is 0 Å². The second-order valence-corrected chi connectivity index (χ2v) is 10.8. The summed E-state index contributed by atoms with van der Waals surface area (Å²) in [5, 5.41) is 0.233. The predicted molar refractivity (Wildman–Crippen MR) is 115 cm³/mol. The molecular weight excluding hydrogens is 440 g/mol. The van der Waals surface area contributed by atoms with E-state index >= 15 is 0 Å². The van der Waals surface area contributed by atoms with Crippen molar-refractivity contribution in [2.45, 2.75) is 43.0 Å². The van der Waals surface area contributed by atoms with Crippen LogP contribution < -0.4 is 0 Å². The van der Waals surface area contributed by atoms with Gasteiger partial charge in [0.25, 0.3) is 0 Å². The molecule has 31 heavy (non-hydrogen) atoms. The molecule has 5 nitrogen and oxygen atoms in total. The minimum atomic E-state index is -4.07. The van der Waals surface area contributed by atoms with E-state index in [1.54, 1.807) is 0 Å². The van der Waals surface area contributed by atoms with Gasteiger partial charge in [0.05, 0.1) is 0 Å². The van der Waals surface area contributed by atoms with Gasteiger partial charge in [-0.2, -0.15) is 4.37 Å². The molecule has 0 saturated carbocycles. The molecular formula is C22H23F2N3O2S2. The number of halogens is 2. The summed E-state index contributed by atoms with van der Waals surface area (Å²) in [6.07, 6.45) is 3.14. The van der Waals surface area contributed by atoms with Crippen LogP contribution in [0.15, 0.2) is 53.7 Å². The van der Waals surface area contributed by atoms with Crippen LogP contribution in [-0.4, -0.2) is 29.2 Å². The van der Waals surface area contributed by atoms with E-state index in [9.17, 15) is 17.2 Å². The van der Waals surface area contributed by atoms with Gasteiger partial charge in [0, 0.05) is 18.2 Å². The largest absolute Gasteiger partial charge is 0.292 e. The first kappa shape index (κ1) is 22.0. The van der Waals surface area contributed by atoms with Crippen molar-refractivity contribution in [2.75, 3.05) is 6.54 Å². The number of likely N-dealkylation sites (tertiary alicyclic amines) is 1. The van der Waals surface area contributed by atoms with Crippen LogP contribution in [-0.2, 0) is 22.1 Å². The first-order valence-corrected chi connectivity index (χ1v) is 12.5. The molecule has 1 aromatic heterocycles. The third-order valence-corrected chi connectivity index (χ3v) is 8.17. The third kappa shape index (κ3) is 4.99. The van der Waals surface area contributed by atoms with Crippen molar-refractivity contribution in [2.24, 2.45) is 5.92 Å². The van der Waals surface area contributed by atoms with Crippen molar-refractivity contribution in [3.8, 4) is 0 Å². The van der Waals surface area contributed by atoms with Crippen LogP contribution in [0.1, 0.15) is 41.9 Å². The quantitative estimate of drug-likeness (QED) is 0.527. The monoisotopic (exact) mass is 463 g/mol. The number of sulfone groups is 1. The highest BCUT2D eigenvalue weighted by Gasteiger charge is 2.29. The highest BCUT2D eigenvalue weighted by Crippen LogP contribution is 2.35. The van der Waals surface area contributed by atoms with Crippen molar-refractivity contribution >= 4 is 21.4 Å². The molecule has 0 N–H and O–H groups in total. The first-order chi connectivity index (χ1) is 14.8. The van der Waals surface area contributed by atoms with Gasteiger partial charge >= 0.3 is 0 Å². The molecule has 1 aliphatic heterocycles. The van der Waals surface area contributed by atoms with Crippen LogP contribution >= 0.6 is 11.5 Å². The standard InChI is InChI=1S/C22H23F2N3O2S2/c1-15-7-8-27(20(9-15)16-5-3-2-4-6-16)12-17-10-19(24)21(11-18(17)23)31(28,29)13-22-25-14-26-30-22/h2-6,10-11,14-15,20H,7-9,12-13H2,1H3/t15-,20+/m1/s1. The molecule has 1 saturated heterocycles. The van der Waals surface area contributed by atoms with Crippen LogP contribution in [0.3, 0.4) is 0 Å². The molecule has 3 aromatic rings. The number of benzene rings is 2. The number of piperidine rings is 1. The van der Waals surface area contributed by atoms with Crippen LogP contribution in [0.4, 0.5) is 8.78 Å². The summed E-state index contributed by atoms with van der Waals surface area (Å²) >= 11 is 0.916. The lowest BCUT2D eigenvalue weighted by molar-refractivity contribution is 0.109. The van der Waals surface area contributed by atoms with E-state index in [1.807, 2.05) is 18.2 Å². The van der Waals surface area contributed by atoms with Gasteiger partial charge in [-0.3, -0.25) is 4.90 Å². The van der Waals surface area contributed by atoms with Crippen LogP contribution in [0.2, 0.25) is 0 Å². The Morgan fingerprint density at radius 1 is 1.16 bits per heavy atom. The lowest BCUT2D eigenvalue weighted by Crippen LogP contribution is -2.36. The Kier molecular flexibility index (Phi) is 6.45. The Labute approximate surface area is 184 Å². The molecule has 164 valence electrons. The molecule has 2 atom stereocenters. The van der Waals surface area contributed by atoms with Gasteiger partial charge in [-0.15, -0.1) is 0 Å². The van der Waals surface area contributed by atoms with Crippen LogP contribution in [0.25, 0.3) is 0 Å². The first-order valence-electron chi connectivity index (χ1n) is 10.1. The van der Waals surface area contributed by atoms with Crippen molar-refractivity contribution < 1.29 is 17.2 Å². The maximum atomic E-state index is 14.9. The Hall–Kier alpha value is -2.23. The lowest BCUT2D eigenvalue weighted by atomic mass is 9.88.